The summed E-state index contributed by atoms with van der Waals surface area (Å²) in [6, 6.07) is 9.94. The largest absolute Gasteiger partial charge is 0.394 e. The van der Waals surface area contributed by atoms with Crippen LogP contribution in [-0.4, -0.2) is 119 Å². The zero-order valence-electron chi connectivity index (χ0n) is 21.2. The second-order valence-corrected chi connectivity index (χ2v) is 7.86. The van der Waals surface area contributed by atoms with Gasteiger partial charge >= 0.3 is 0 Å². The minimum Gasteiger partial charge on any atom is -0.394 e. The molecular formula is C25H43N3O8. The lowest BCUT2D eigenvalue weighted by atomic mass is 10.2. The highest BCUT2D eigenvalue weighted by atomic mass is 16.5. The molecular weight excluding hydrogens is 470 g/mol. The molecule has 0 heterocycles. The van der Waals surface area contributed by atoms with Crippen LogP contribution in [0.15, 0.2) is 30.3 Å². The van der Waals surface area contributed by atoms with Crippen LogP contribution in [-0.2, 0) is 35.1 Å². The van der Waals surface area contributed by atoms with Crippen molar-refractivity contribution < 1.29 is 38.7 Å². The van der Waals surface area contributed by atoms with Gasteiger partial charge in [0.05, 0.1) is 66.1 Å². The van der Waals surface area contributed by atoms with Gasteiger partial charge in [-0.2, -0.15) is 0 Å². The van der Waals surface area contributed by atoms with Crippen molar-refractivity contribution in [2.45, 2.75) is 19.4 Å². The third kappa shape index (κ3) is 19.1. The van der Waals surface area contributed by atoms with Gasteiger partial charge in [-0.25, -0.2) is 0 Å². The number of aliphatic hydroxyl groups excluding tert-OH is 2. The fourth-order valence-corrected chi connectivity index (χ4v) is 3.11. The number of amides is 2. The van der Waals surface area contributed by atoms with Crippen LogP contribution >= 0.6 is 0 Å². The zero-order valence-corrected chi connectivity index (χ0v) is 21.2. The molecule has 0 saturated heterocycles. The standard InChI is InChI=1S/C25H43N3O8/c29-12-16-35-20-18-33-14-8-26-24(31)6-10-28(22-23-4-2-1-3-5-23)11-7-25(32)27-9-15-34-19-21-36-17-13-30/h1-5,29-30H,6-22H2,(H,26,31)(H,27,32). The minimum atomic E-state index is -0.0715. The van der Waals surface area contributed by atoms with E-state index in [1.54, 1.807) is 0 Å². The molecule has 4 N–H and O–H groups in total. The quantitative estimate of drug-likeness (QED) is 0.135. The van der Waals surface area contributed by atoms with Crippen molar-refractivity contribution in [1.82, 2.24) is 15.5 Å². The molecule has 11 nitrogen and oxygen atoms in total. The number of ether oxygens (including phenoxy) is 4. The summed E-state index contributed by atoms with van der Waals surface area (Å²) in [5, 5.41) is 22.9. The SMILES string of the molecule is O=C(CCN(CCC(=O)NCCOCCOCCO)Cc1ccccc1)NCCOCCOCCO. The van der Waals surface area contributed by atoms with Gasteiger partial charge in [-0.15, -0.1) is 0 Å². The molecule has 0 unspecified atom stereocenters. The summed E-state index contributed by atoms with van der Waals surface area (Å²) in [5.74, 6) is -0.143. The molecule has 36 heavy (non-hydrogen) atoms. The highest BCUT2D eigenvalue weighted by Crippen LogP contribution is 2.06. The summed E-state index contributed by atoms with van der Waals surface area (Å²) in [7, 11) is 0. The maximum absolute atomic E-state index is 12.2. The molecule has 0 saturated carbocycles. The normalized spacial score (nSPS) is 11.1. The molecule has 0 radical (unpaired) electrons. The summed E-state index contributed by atoms with van der Waals surface area (Å²) in [6.45, 7) is 5.50. The van der Waals surface area contributed by atoms with Gasteiger partial charge in [0, 0.05) is 45.6 Å². The van der Waals surface area contributed by atoms with E-state index in [4.69, 9.17) is 29.2 Å². The third-order valence-electron chi connectivity index (χ3n) is 4.91. The van der Waals surface area contributed by atoms with E-state index in [2.05, 4.69) is 15.5 Å². The van der Waals surface area contributed by atoms with Crippen LogP contribution in [0.3, 0.4) is 0 Å². The average Bonchev–Trinajstić information content (AvgIpc) is 2.89. The van der Waals surface area contributed by atoms with E-state index < -0.39 is 0 Å². The predicted octanol–water partition coefficient (Wildman–Crippen LogP) is -0.448. The Kier molecular flexibility index (Phi) is 20.6. The number of aliphatic hydroxyl groups is 2. The van der Waals surface area contributed by atoms with Crippen LogP contribution in [0, 0.1) is 0 Å². The summed E-state index contributed by atoms with van der Waals surface area (Å²) < 4.78 is 20.9. The number of hydrogen-bond acceptors (Lipinski definition) is 9. The molecule has 11 heteroatoms. The lowest BCUT2D eigenvalue weighted by molar-refractivity contribution is -0.121. The number of nitrogens with zero attached hydrogens (tertiary/aromatic N) is 1. The summed E-state index contributed by atoms with van der Waals surface area (Å²) >= 11 is 0. The molecule has 0 atom stereocenters. The monoisotopic (exact) mass is 513 g/mol. The number of nitrogens with one attached hydrogen (secondary N) is 2. The highest BCUT2D eigenvalue weighted by molar-refractivity contribution is 5.76. The highest BCUT2D eigenvalue weighted by Gasteiger charge is 2.11. The van der Waals surface area contributed by atoms with Crippen molar-refractivity contribution in [3.8, 4) is 0 Å². The molecule has 2 amide bonds. The Morgan fingerprint density at radius 3 is 1.56 bits per heavy atom. The smallest absolute Gasteiger partial charge is 0.221 e. The number of hydrogen-bond donors (Lipinski definition) is 4. The van der Waals surface area contributed by atoms with E-state index in [0.29, 0.717) is 85.2 Å². The zero-order chi connectivity index (χ0) is 26.1. The first-order chi connectivity index (χ1) is 17.7. The number of carbonyl (C=O) groups excluding carboxylic acids is 2. The van der Waals surface area contributed by atoms with Gasteiger partial charge in [0.15, 0.2) is 0 Å². The van der Waals surface area contributed by atoms with Crippen LogP contribution in [0.25, 0.3) is 0 Å². The fourth-order valence-electron chi connectivity index (χ4n) is 3.11. The van der Waals surface area contributed by atoms with Gasteiger partial charge in [0.1, 0.15) is 0 Å². The Morgan fingerprint density at radius 2 is 1.11 bits per heavy atom. The number of rotatable bonds is 24. The lowest BCUT2D eigenvalue weighted by Crippen LogP contribution is -2.35. The second-order valence-electron chi connectivity index (χ2n) is 7.86. The van der Waals surface area contributed by atoms with Gasteiger partial charge in [-0.1, -0.05) is 30.3 Å². The summed E-state index contributed by atoms with van der Waals surface area (Å²) in [4.78, 5) is 26.6. The fraction of sp³-hybridized carbons (Fsp3) is 0.680. The van der Waals surface area contributed by atoms with Crippen LogP contribution in [0.5, 0.6) is 0 Å². The van der Waals surface area contributed by atoms with Crippen LogP contribution in [0.2, 0.25) is 0 Å². The molecule has 1 rings (SSSR count). The Balaban J connectivity index is 2.26. The van der Waals surface area contributed by atoms with Gasteiger partial charge in [-0.3, -0.25) is 14.5 Å². The third-order valence-corrected chi connectivity index (χ3v) is 4.91. The summed E-state index contributed by atoms with van der Waals surface area (Å²) in [5.41, 5.74) is 1.12. The molecule has 0 spiro atoms. The lowest BCUT2D eigenvalue weighted by Gasteiger charge is -2.22. The molecule has 0 aromatic heterocycles. The van der Waals surface area contributed by atoms with Crippen molar-refractivity contribution in [2.24, 2.45) is 0 Å². The molecule has 0 aliphatic carbocycles. The van der Waals surface area contributed by atoms with Gasteiger partial charge in [-0.05, 0) is 5.56 Å². The molecule has 206 valence electrons. The van der Waals surface area contributed by atoms with Crippen molar-refractivity contribution >= 4 is 11.8 Å². The molecule has 0 bridgehead atoms. The molecule has 0 aliphatic heterocycles. The Labute approximate surface area is 214 Å². The molecule has 0 fully saturated rings. The maximum Gasteiger partial charge on any atom is 0.221 e. The van der Waals surface area contributed by atoms with E-state index in [0.717, 1.165) is 5.56 Å². The second kappa shape index (κ2) is 23.3. The van der Waals surface area contributed by atoms with Gasteiger partial charge in [0.25, 0.3) is 0 Å². The van der Waals surface area contributed by atoms with E-state index in [1.807, 2.05) is 30.3 Å². The van der Waals surface area contributed by atoms with Gasteiger partial charge < -0.3 is 39.8 Å². The Bertz CT molecular complexity index is 630. The van der Waals surface area contributed by atoms with Crippen molar-refractivity contribution in [1.29, 1.82) is 0 Å². The van der Waals surface area contributed by atoms with E-state index >= 15 is 0 Å². The minimum absolute atomic E-state index is 0.0134. The van der Waals surface area contributed by atoms with Crippen molar-refractivity contribution in [3.63, 3.8) is 0 Å². The predicted molar refractivity (Wildman–Crippen MR) is 134 cm³/mol. The average molecular weight is 514 g/mol. The molecule has 1 aromatic carbocycles. The summed E-state index contributed by atoms with van der Waals surface area (Å²) in [6.07, 6.45) is 0.639. The molecule has 0 aliphatic rings. The number of benzene rings is 1. The van der Waals surface area contributed by atoms with Crippen molar-refractivity contribution in [3.05, 3.63) is 35.9 Å². The van der Waals surface area contributed by atoms with Gasteiger partial charge in [0.2, 0.25) is 11.8 Å². The van der Waals surface area contributed by atoms with E-state index in [-0.39, 0.29) is 38.2 Å². The number of carbonyl (C=O) groups is 2. The topological polar surface area (TPSA) is 139 Å². The van der Waals surface area contributed by atoms with Crippen LogP contribution < -0.4 is 10.6 Å². The van der Waals surface area contributed by atoms with Crippen LogP contribution in [0.4, 0.5) is 0 Å². The maximum atomic E-state index is 12.2. The first-order valence-electron chi connectivity index (χ1n) is 12.5. The first kappa shape index (κ1) is 31.9. The van der Waals surface area contributed by atoms with Crippen molar-refractivity contribution in [2.75, 3.05) is 92.2 Å². The van der Waals surface area contributed by atoms with E-state index in [9.17, 15) is 9.59 Å². The Morgan fingerprint density at radius 1 is 0.667 bits per heavy atom. The molecule has 1 aromatic rings. The first-order valence-corrected chi connectivity index (χ1v) is 12.5. The Hall–Kier alpha value is -2.12. The van der Waals surface area contributed by atoms with Crippen LogP contribution in [0.1, 0.15) is 18.4 Å². The van der Waals surface area contributed by atoms with E-state index in [1.165, 1.54) is 0 Å².